The van der Waals surface area contributed by atoms with Crippen LogP contribution in [0.2, 0.25) is 0 Å². The number of carbonyl (C=O) groups excluding carboxylic acids is 1. The van der Waals surface area contributed by atoms with Gasteiger partial charge in [-0.2, -0.15) is 18.4 Å². The van der Waals surface area contributed by atoms with E-state index in [1.54, 1.807) is 33.0 Å². The second-order valence-electron chi connectivity index (χ2n) is 10.6. The Hall–Kier alpha value is -4.33. The Morgan fingerprint density at radius 1 is 1.18 bits per heavy atom. The molecule has 4 rings (SSSR count). The van der Waals surface area contributed by atoms with Gasteiger partial charge < -0.3 is 20.3 Å². The molecule has 0 spiro atoms. The molecule has 0 aliphatic carbocycles. The standard InChI is InChI=1S/C29H31F3N6O2/c1-28(2,3)40-27(39)36-15-19-11-12-38(18-19)26-22(16-34-23-7-5-4-6-8-23)17-35-25(37-26)20-9-10-24(29(30,31)32)21(13-20)14-33/h4-10,13,17,19,34H,11-12,15-16,18H2,1-3H3,(H,36,39). The fourth-order valence-corrected chi connectivity index (χ4v) is 4.45. The van der Waals surface area contributed by atoms with Crippen LogP contribution in [0, 0.1) is 17.2 Å². The molecule has 11 heteroatoms. The summed E-state index contributed by atoms with van der Waals surface area (Å²) in [6.45, 7) is 7.55. The van der Waals surface area contributed by atoms with Gasteiger partial charge in [-0.15, -0.1) is 0 Å². The van der Waals surface area contributed by atoms with Gasteiger partial charge in [0.1, 0.15) is 11.4 Å². The maximum absolute atomic E-state index is 13.3. The fraction of sp³-hybridized carbons (Fsp3) is 0.379. The molecule has 40 heavy (non-hydrogen) atoms. The molecule has 2 aromatic carbocycles. The highest BCUT2D eigenvalue weighted by atomic mass is 19.4. The van der Waals surface area contributed by atoms with Crippen LogP contribution in [0.4, 0.5) is 29.5 Å². The van der Waals surface area contributed by atoms with Crippen molar-refractivity contribution in [1.82, 2.24) is 15.3 Å². The number of anilines is 2. The first-order valence-electron chi connectivity index (χ1n) is 12.9. The molecular formula is C29H31F3N6O2. The van der Waals surface area contributed by atoms with E-state index in [0.29, 0.717) is 37.6 Å². The van der Waals surface area contributed by atoms with E-state index >= 15 is 0 Å². The number of nitrogens with one attached hydrogen (secondary N) is 2. The highest BCUT2D eigenvalue weighted by molar-refractivity contribution is 5.67. The minimum absolute atomic E-state index is 0.150. The smallest absolute Gasteiger partial charge is 0.417 e. The molecule has 1 aromatic heterocycles. The van der Waals surface area contributed by atoms with Crippen molar-refractivity contribution in [2.75, 3.05) is 29.9 Å². The lowest BCUT2D eigenvalue weighted by atomic mass is 10.0. The zero-order valence-electron chi connectivity index (χ0n) is 22.5. The number of nitrogens with zero attached hydrogens (tertiary/aromatic N) is 4. The summed E-state index contributed by atoms with van der Waals surface area (Å²) in [4.78, 5) is 23.4. The molecule has 1 amide bonds. The maximum Gasteiger partial charge on any atom is 0.417 e. The van der Waals surface area contributed by atoms with E-state index in [1.807, 2.05) is 30.3 Å². The van der Waals surface area contributed by atoms with Crippen LogP contribution in [0.1, 0.15) is 43.9 Å². The minimum Gasteiger partial charge on any atom is -0.444 e. The molecule has 0 bridgehead atoms. The summed E-state index contributed by atoms with van der Waals surface area (Å²) >= 11 is 0. The van der Waals surface area contributed by atoms with Crippen LogP contribution < -0.4 is 15.5 Å². The normalized spacial score (nSPS) is 15.4. The number of ether oxygens (including phenoxy) is 1. The van der Waals surface area contributed by atoms with Gasteiger partial charge in [0.05, 0.1) is 17.2 Å². The summed E-state index contributed by atoms with van der Waals surface area (Å²) in [6.07, 6.45) is -2.65. The van der Waals surface area contributed by atoms with Crippen LogP contribution in [0.5, 0.6) is 0 Å². The largest absolute Gasteiger partial charge is 0.444 e. The van der Waals surface area contributed by atoms with Gasteiger partial charge in [0.25, 0.3) is 0 Å². The number of benzene rings is 2. The summed E-state index contributed by atoms with van der Waals surface area (Å²) < 4.78 is 45.3. The summed E-state index contributed by atoms with van der Waals surface area (Å²) in [5.41, 5.74) is -0.0359. The average Bonchev–Trinajstić information content (AvgIpc) is 3.38. The molecule has 8 nitrogen and oxygen atoms in total. The molecule has 0 radical (unpaired) electrons. The molecular weight excluding hydrogens is 521 g/mol. The number of carbonyl (C=O) groups is 1. The molecule has 3 aromatic rings. The molecule has 1 aliphatic rings. The van der Waals surface area contributed by atoms with Crippen molar-refractivity contribution in [3.63, 3.8) is 0 Å². The van der Waals surface area contributed by atoms with Gasteiger partial charge in [-0.3, -0.25) is 0 Å². The first-order chi connectivity index (χ1) is 18.9. The average molecular weight is 553 g/mol. The Morgan fingerprint density at radius 3 is 2.60 bits per heavy atom. The second-order valence-corrected chi connectivity index (χ2v) is 10.6. The molecule has 1 aliphatic heterocycles. The summed E-state index contributed by atoms with van der Waals surface area (Å²) in [5, 5.41) is 15.5. The monoisotopic (exact) mass is 552 g/mol. The number of alkyl halides is 3. The third-order valence-electron chi connectivity index (χ3n) is 6.32. The number of para-hydroxylation sites is 1. The first-order valence-corrected chi connectivity index (χ1v) is 12.9. The van der Waals surface area contributed by atoms with Crippen molar-refractivity contribution in [2.45, 2.75) is 45.5 Å². The van der Waals surface area contributed by atoms with Crippen LogP contribution in [0.25, 0.3) is 11.4 Å². The molecule has 1 unspecified atom stereocenters. The highest BCUT2D eigenvalue weighted by Crippen LogP contribution is 2.34. The third kappa shape index (κ3) is 7.40. The number of hydrogen-bond donors (Lipinski definition) is 2. The van der Waals surface area contributed by atoms with Crippen LogP contribution in [-0.2, 0) is 17.5 Å². The predicted molar refractivity (Wildman–Crippen MR) is 146 cm³/mol. The Kier molecular flexibility index (Phi) is 8.47. The number of alkyl carbamates (subject to hydrolysis) is 1. The molecule has 2 N–H and O–H groups in total. The van der Waals surface area contributed by atoms with Gasteiger partial charge >= 0.3 is 12.3 Å². The van der Waals surface area contributed by atoms with Gasteiger partial charge in [0, 0.05) is 49.2 Å². The quantitative estimate of drug-likeness (QED) is 0.371. The van der Waals surface area contributed by atoms with Gasteiger partial charge in [0.15, 0.2) is 5.82 Å². The maximum atomic E-state index is 13.3. The predicted octanol–water partition coefficient (Wildman–Crippen LogP) is 6.00. The van der Waals surface area contributed by atoms with E-state index in [9.17, 15) is 23.2 Å². The third-order valence-corrected chi connectivity index (χ3v) is 6.32. The molecule has 210 valence electrons. The molecule has 1 fully saturated rings. The van der Waals surface area contributed by atoms with Crippen LogP contribution >= 0.6 is 0 Å². The van der Waals surface area contributed by atoms with E-state index < -0.39 is 29.0 Å². The lowest BCUT2D eigenvalue weighted by Gasteiger charge is -2.23. The van der Waals surface area contributed by atoms with Crippen molar-refractivity contribution in [1.29, 1.82) is 5.26 Å². The van der Waals surface area contributed by atoms with Gasteiger partial charge in [-0.05, 0) is 57.4 Å². The van der Waals surface area contributed by atoms with Crippen LogP contribution in [-0.4, -0.2) is 41.3 Å². The Morgan fingerprint density at radius 2 is 1.93 bits per heavy atom. The van der Waals surface area contributed by atoms with Crippen LogP contribution in [0.15, 0.2) is 54.7 Å². The zero-order chi connectivity index (χ0) is 28.9. The topological polar surface area (TPSA) is 103 Å². The number of hydrogen-bond acceptors (Lipinski definition) is 7. The van der Waals surface area contributed by atoms with Crippen molar-refractivity contribution in [2.24, 2.45) is 5.92 Å². The number of aromatic nitrogens is 2. The first kappa shape index (κ1) is 28.7. The summed E-state index contributed by atoms with van der Waals surface area (Å²) in [7, 11) is 0. The van der Waals surface area contributed by atoms with E-state index in [2.05, 4.69) is 20.5 Å². The Labute approximate surface area is 231 Å². The van der Waals surface area contributed by atoms with E-state index in [-0.39, 0.29) is 11.7 Å². The van der Waals surface area contributed by atoms with E-state index in [1.165, 1.54) is 12.1 Å². The van der Waals surface area contributed by atoms with Crippen molar-refractivity contribution < 1.29 is 22.7 Å². The van der Waals surface area contributed by atoms with Crippen molar-refractivity contribution in [3.8, 4) is 17.5 Å². The molecule has 2 heterocycles. The molecule has 1 atom stereocenters. The summed E-state index contributed by atoms with van der Waals surface area (Å²) in [5.74, 6) is 1.02. The molecule has 1 saturated heterocycles. The number of halogens is 3. The zero-order valence-corrected chi connectivity index (χ0v) is 22.5. The van der Waals surface area contributed by atoms with Gasteiger partial charge in [-0.1, -0.05) is 24.3 Å². The molecule has 0 saturated carbocycles. The van der Waals surface area contributed by atoms with E-state index in [0.717, 1.165) is 23.7 Å². The Bertz CT molecular complexity index is 1380. The lowest BCUT2D eigenvalue weighted by Crippen LogP contribution is -2.36. The van der Waals surface area contributed by atoms with Crippen molar-refractivity contribution in [3.05, 3.63) is 71.4 Å². The SMILES string of the molecule is CC(C)(C)OC(=O)NCC1CCN(c2nc(-c3ccc(C(F)(F)F)c(C#N)c3)ncc2CNc2ccccc2)C1. The van der Waals surface area contributed by atoms with Crippen LogP contribution in [0.3, 0.4) is 0 Å². The lowest BCUT2D eigenvalue weighted by molar-refractivity contribution is -0.137. The second kappa shape index (κ2) is 11.8. The number of rotatable bonds is 7. The number of amides is 1. The highest BCUT2D eigenvalue weighted by Gasteiger charge is 2.34. The van der Waals surface area contributed by atoms with Gasteiger partial charge in [0.2, 0.25) is 0 Å². The minimum atomic E-state index is -4.64. The summed E-state index contributed by atoms with van der Waals surface area (Å²) in [6, 6.07) is 14.6. The van der Waals surface area contributed by atoms with Crippen molar-refractivity contribution >= 4 is 17.6 Å². The Balaban J connectivity index is 1.58. The fourth-order valence-electron chi connectivity index (χ4n) is 4.45. The van der Waals surface area contributed by atoms with Gasteiger partial charge in [-0.25, -0.2) is 14.8 Å². The number of nitriles is 1. The van der Waals surface area contributed by atoms with E-state index in [4.69, 9.17) is 9.72 Å².